The number of carbonyl (C=O) groups is 3. The summed E-state index contributed by atoms with van der Waals surface area (Å²) in [7, 11) is 0. The van der Waals surface area contributed by atoms with E-state index in [2.05, 4.69) is 32.9 Å². The van der Waals surface area contributed by atoms with Gasteiger partial charge in [-0.2, -0.15) is 0 Å². The monoisotopic (exact) mass is 1100 g/mol. The molecule has 0 heterocycles. The third-order valence-electron chi connectivity index (χ3n) is 16.5. The van der Waals surface area contributed by atoms with Gasteiger partial charge in [-0.15, -0.1) is 0 Å². The number of rotatable bonds is 67. The van der Waals surface area contributed by atoms with E-state index in [0.717, 1.165) is 57.8 Å². The lowest BCUT2D eigenvalue weighted by atomic mass is 10.0. The van der Waals surface area contributed by atoms with Crippen LogP contribution in [0.1, 0.15) is 412 Å². The molecule has 0 aliphatic heterocycles. The fourth-order valence-corrected chi connectivity index (χ4v) is 11.2. The molecule has 78 heavy (non-hydrogen) atoms. The van der Waals surface area contributed by atoms with E-state index in [1.54, 1.807) is 0 Å². The first-order chi connectivity index (χ1) is 38.5. The summed E-state index contributed by atoms with van der Waals surface area (Å²) in [5.41, 5.74) is 0. The molecule has 0 radical (unpaired) electrons. The predicted octanol–water partition coefficient (Wildman–Crippen LogP) is 24.4. The van der Waals surface area contributed by atoms with Crippen molar-refractivity contribution in [1.82, 2.24) is 0 Å². The molecule has 1 unspecified atom stereocenters. The van der Waals surface area contributed by atoms with Crippen molar-refractivity contribution in [3.63, 3.8) is 0 Å². The predicted molar refractivity (Wildman–Crippen MR) is 340 cm³/mol. The summed E-state index contributed by atoms with van der Waals surface area (Å²) in [5.74, 6) is -0.850. The second-order valence-electron chi connectivity index (χ2n) is 24.5. The van der Waals surface area contributed by atoms with Crippen LogP contribution in [0.3, 0.4) is 0 Å². The minimum Gasteiger partial charge on any atom is -0.462 e. The zero-order valence-electron chi connectivity index (χ0n) is 53.2. The SMILES string of the molecule is CCCCCCCCC/C=C\CCCCCCCCCC(=O)OC(COC(=O)CCCCCCCCC)COC(=O)CCCCCCCCCCCCCCCCCCCCCCCCCCCCCCCCCCCCC. The van der Waals surface area contributed by atoms with Gasteiger partial charge in [-0.1, -0.05) is 360 Å². The first kappa shape index (κ1) is 76.1. The lowest BCUT2D eigenvalue weighted by Crippen LogP contribution is -2.30. The highest BCUT2D eigenvalue weighted by Gasteiger charge is 2.19. The molecule has 0 fully saturated rings. The molecule has 6 nitrogen and oxygen atoms in total. The summed E-state index contributed by atoms with van der Waals surface area (Å²) in [6.45, 7) is 6.67. The van der Waals surface area contributed by atoms with Crippen molar-refractivity contribution in [2.24, 2.45) is 0 Å². The number of esters is 3. The highest BCUT2D eigenvalue weighted by molar-refractivity contribution is 5.71. The normalized spacial score (nSPS) is 12.0. The van der Waals surface area contributed by atoms with Crippen LogP contribution in [0.15, 0.2) is 12.2 Å². The first-order valence-electron chi connectivity index (χ1n) is 35.7. The third kappa shape index (κ3) is 65.0. The van der Waals surface area contributed by atoms with E-state index in [9.17, 15) is 14.4 Å². The van der Waals surface area contributed by atoms with Crippen molar-refractivity contribution in [3.8, 4) is 0 Å². The van der Waals surface area contributed by atoms with Crippen LogP contribution in [0.25, 0.3) is 0 Å². The Bertz CT molecular complexity index is 1210. The van der Waals surface area contributed by atoms with Crippen LogP contribution in [0.2, 0.25) is 0 Å². The largest absolute Gasteiger partial charge is 0.462 e. The summed E-state index contributed by atoms with van der Waals surface area (Å²) in [6.07, 6.45) is 81.5. The highest BCUT2D eigenvalue weighted by Crippen LogP contribution is 2.19. The molecule has 1 atom stereocenters. The van der Waals surface area contributed by atoms with E-state index in [-0.39, 0.29) is 31.1 Å². The van der Waals surface area contributed by atoms with Crippen LogP contribution < -0.4 is 0 Å². The molecule has 0 rings (SSSR count). The molecule has 0 aliphatic rings. The van der Waals surface area contributed by atoms with Gasteiger partial charge in [0.1, 0.15) is 13.2 Å². The van der Waals surface area contributed by atoms with Gasteiger partial charge in [0.2, 0.25) is 0 Å². The topological polar surface area (TPSA) is 78.9 Å². The molecule has 462 valence electrons. The zero-order valence-corrected chi connectivity index (χ0v) is 53.2. The maximum Gasteiger partial charge on any atom is 0.306 e. The minimum atomic E-state index is -0.767. The Morgan fingerprint density at radius 3 is 0.641 bits per heavy atom. The molecule has 6 heteroatoms. The summed E-state index contributed by atoms with van der Waals surface area (Å²) in [4.78, 5) is 38.1. The number of hydrogen-bond donors (Lipinski definition) is 0. The summed E-state index contributed by atoms with van der Waals surface area (Å²) in [5, 5.41) is 0. The van der Waals surface area contributed by atoms with Gasteiger partial charge in [-0.3, -0.25) is 14.4 Å². The van der Waals surface area contributed by atoms with Crippen molar-refractivity contribution >= 4 is 17.9 Å². The van der Waals surface area contributed by atoms with Gasteiger partial charge in [0.25, 0.3) is 0 Å². The van der Waals surface area contributed by atoms with Crippen molar-refractivity contribution in [2.45, 2.75) is 419 Å². The number of unbranched alkanes of at least 4 members (excludes halogenated alkanes) is 54. The Hall–Kier alpha value is -1.85. The average Bonchev–Trinajstić information content (AvgIpc) is 3.44. The molecule has 0 aromatic rings. The van der Waals surface area contributed by atoms with E-state index in [1.165, 1.54) is 315 Å². The summed E-state index contributed by atoms with van der Waals surface area (Å²) < 4.78 is 16.9. The van der Waals surface area contributed by atoms with Crippen LogP contribution in [0, 0.1) is 0 Å². The molecular formula is C72H138O6. The van der Waals surface area contributed by atoms with Gasteiger partial charge in [-0.25, -0.2) is 0 Å². The van der Waals surface area contributed by atoms with Crippen LogP contribution in [0.5, 0.6) is 0 Å². The number of carbonyl (C=O) groups excluding carboxylic acids is 3. The Balaban J connectivity index is 3.90. The maximum absolute atomic E-state index is 12.9. The molecule has 0 bridgehead atoms. The van der Waals surface area contributed by atoms with Gasteiger partial charge in [0.05, 0.1) is 0 Å². The van der Waals surface area contributed by atoms with E-state index >= 15 is 0 Å². The van der Waals surface area contributed by atoms with E-state index < -0.39 is 6.10 Å². The number of allylic oxidation sites excluding steroid dienone is 2. The average molecular weight is 1100 g/mol. The molecule has 0 amide bonds. The Morgan fingerprint density at radius 2 is 0.423 bits per heavy atom. The minimum absolute atomic E-state index is 0.0662. The van der Waals surface area contributed by atoms with E-state index in [4.69, 9.17) is 14.2 Å². The van der Waals surface area contributed by atoms with Gasteiger partial charge in [0, 0.05) is 19.3 Å². The van der Waals surface area contributed by atoms with Gasteiger partial charge in [0.15, 0.2) is 6.10 Å². The fraction of sp³-hybridized carbons (Fsp3) is 0.931. The molecular weight excluding hydrogens is 961 g/mol. The molecule has 0 aliphatic carbocycles. The second-order valence-corrected chi connectivity index (χ2v) is 24.5. The smallest absolute Gasteiger partial charge is 0.306 e. The van der Waals surface area contributed by atoms with Crippen molar-refractivity contribution in [2.75, 3.05) is 13.2 Å². The fourth-order valence-electron chi connectivity index (χ4n) is 11.2. The van der Waals surface area contributed by atoms with Crippen LogP contribution >= 0.6 is 0 Å². The molecule has 0 spiro atoms. The van der Waals surface area contributed by atoms with Gasteiger partial charge < -0.3 is 14.2 Å². The molecule has 0 aromatic heterocycles. The lowest BCUT2D eigenvalue weighted by molar-refractivity contribution is -0.167. The molecule has 0 N–H and O–H groups in total. The lowest BCUT2D eigenvalue weighted by Gasteiger charge is -2.18. The highest BCUT2D eigenvalue weighted by atomic mass is 16.6. The van der Waals surface area contributed by atoms with Gasteiger partial charge in [-0.05, 0) is 44.9 Å². The molecule has 0 saturated carbocycles. The molecule has 0 aromatic carbocycles. The van der Waals surface area contributed by atoms with Crippen LogP contribution in [-0.2, 0) is 28.6 Å². The zero-order chi connectivity index (χ0) is 56.4. The standard InChI is InChI=1S/C72H138O6/c1-4-7-10-13-16-18-20-22-24-26-28-29-30-31-32-33-34-35-36-37-38-39-40-41-42-43-44-46-47-49-51-53-56-59-62-65-71(74)77-68-69(67-76-70(73)64-61-58-55-15-12-9-6-3)78-72(75)66-63-60-57-54-52-50-48-45-27-25-23-21-19-17-14-11-8-5-2/h25,27,69H,4-24,26,28-68H2,1-3H3/b27-25-. The Kier molecular flexibility index (Phi) is 66.0. The van der Waals surface area contributed by atoms with Crippen LogP contribution in [0.4, 0.5) is 0 Å². The Morgan fingerprint density at radius 1 is 0.244 bits per heavy atom. The summed E-state index contributed by atoms with van der Waals surface area (Å²) >= 11 is 0. The first-order valence-corrected chi connectivity index (χ1v) is 35.7. The maximum atomic E-state index is 12.9. The number of hydrogen-bond acceptors (Lipinski definition) is 6. The van der Waals surface area contributed by atoms with Gasteiger partial charge >= 0.3 is 17.9 Å². The van der Waals surface area contributed by atoms with Crippen molar-refractivity contribution in [3.05, 3.63) is 12.2 Å². The quantitative estimate of drug-likeness (QED) is 0.0261. The second kappa shape index (κ2) is 67.7. The van der Waals surface area contributed by atoms with E-state index in [1.807, 2.05) is 0 Å². The number of ether oxygens (including phenoxy) is 3. The van der Waals surface area contributed by atoms with Crippen molar-refractivity contribution < 1.29 is 28.6 Å². The Labute approximate surface area is 488 Å². The molecule has 0 saturated heterocycles. The third-order valence-corrected chi connectivity index (χ3v) is 16.5. The van der Waals surface area contributed by atoms with E-state index in [0.29, 0.717) is 19.3 Å². The van der Waals surface area contributed by atoms with Crippen molar-refractivity contribution in [1.29, 1.82) is 0 Å². The van der Waals surface area contributed by atoms with Crippen LogP contribution in [-0.4, -0.2) is 37.2 Å². The summed E-state index contributed by atoms with van der Waals surface area (Å²) in [6, 6.07) is 0.